The van der Waals surface area contributed by atoms with E-state index >= 15 is 0 Å². The lowest BCUT2D eigenvalue weighted by atomic mass is 10.3. The summed E-state index contributed by atoms with van der Waals surface area (Å²) < 4.78 is 27.6. The first-order valence-corrected chi connectivity index (χ1v) is 11.0. The van der Waals surface area contributed by atoms with Crippen molar-refractivity contribution in [3.8, 4) is 0 Å². The van der Waals surface area contributed by atoms with Crippen molar-refractivity contribution in [3.63, 3.8) is 0 Å². The predicted molar refractivity (Wildman–Crippen MR) is 112 cm³/mol. The molecule has 1 aliphatic heterocycles. The molecule has 0 bridgehead atoms. The third-order valence-corrected chi connectivity index (χ3v) is 7.21. The van der Waals surface area contributed by atoms with Crippen molar-refractivity contribution in [1.29, 1.82) is 0 Å². The number of sulfonamides is 1. The molecule has 2 aromatic rings. The molecule has 1 saturated heterocycles. The van der Waals surface area contributed by atoms with Crippen LogP contribution < -0.4 is 4.31 Å². The van der Waals surface area contributed by atoms with Gasteiger partial charge in [-0.3, -0.25) is 13.9 Å². The summed E-state index contributed by atoms with van der Waals surface area (Å²) in [6, 6.07) is 12.4. The summed E-state index contributed by atoms with van der Waals surface area (Å²) in [5.74, 6) is -0.383. The van der Waals surface area contributed by atoms with E-state index in [1.165, 1.54) is 23.1 Å². The second-order valence-electron chi connectivity index (χ2n) is 6.42. The average molecular weight is 456 g/mol. The highest BCUT2D eigenvalue weighted by atomic mass is 35.5. The summed E-state index contributed by atoms with van der Waals surface area (Å²) in [6.07, 6.45) is 0.736. The zero-order valence-electron chi connectivity index (χ0n) is 15.4. The second-order valence-corrected chi connectivity index (χ2v) is 9.07. The van der Waals surface area contributed by atoms with E-state index in [2.05, 4.69) is 0 Å². The number of hydrogen-bond acceptors (Lipinski definition) is 4. The van der Waals surface area contributed by atoms with Gasteiger partial charge in [-0.15, -0.1) is 0 Å². The molecule has 7 nitrogen and oxygen atoms in total. The van der Waals surface area contributed by atoms with E-state index in [4.69, 9.17) is 23.2 Å². The molecule has 0 aromatic heterocycles. The highest BCUT2D eigenvalue weighted by molar-refractivity contribution is 7.92. The zero-order valence-corrected chi connectivity index (χ0v) is 17.7. The number of nitrogens with zero attached hydrogens (tertiary/aromatic N) is 3. The molecule has 10 heteroatoms. The van der Waals surface area contributed by atoms with Crippen LogP contribution in [-0.2, 0) is 19.6 Å². The molecule has 0 aliphatic carbocycles. The fourth-order valence-corrected chi connectivity index (χ4v) is 4.90. The lowest BCUT2D eigenvalue weighted by Crippen LogP contribution is -2.51. The molecule has 0 unspecified atom stereocenters. The number of carbonyl (C=O) groups excluding carboxylic acids is 2. The SMILES string of the molecule is O=CN1CCN(C(=O)CN(c2cccc(Cl)c2Cl)S(=O)(=O)c2ccccc2)CC1. The standard InChI is InChI=1S/C19H19Cl2N3O4S/c20-16-7-4-8-17(19(16)21)24(29(27,28)15-5-2-1-3-6-15)13-18(26)23-11-9-22(14-25)10-12-23/h1-8,14H,9-13H2. The average Bonchev–Trinajstić information content (AvgIpc) is 2.74. The quantitative estimate of drug-likeness (QED) is 0.626. The predicted octanol–water partition coefficient (Wildman–Crippen LogP) is 2.49. The monoisotopic (exact) mass is 455 g/mol. The van der Waals surface area contributed by atoms with Gasteiger partial charge in [-0.25, -0.2) is 8.42 Å². The maximum absolute atomic E-state index is 13.3. The first-order valence-electron chi connectivity index (χ1n) is 8.83. The molecular weight excluding hydrogens is 437 g/mol. The third-order valence-electron chi connectivity index (χ3n) is 4.63. The molecule has 0 N–H and O–H groups in total. The first kappa shape index (κ1) is 21.4. The number of benzene rings is 2. The molecule has 1 heterocycles. The van der Waals surface area contributed by atoms with Crippen LogP contribution in [0.2, 0.25) is 10.0 Å². The van der Waals surface area contributed by atoms with Gasteiger partial charge in [0.05, 0.1) is 20.6 Å². The normalized spacial score (nSPS) is 14.6. The Morgan fingerprint density at radius 3 is 2.28 bits per heavy atom. The maximum Gasteiger partial charge on any atom is 0.264 e. The number of halogens is 2. The first-order chi connectivity index (χ1) is 13.8. The lowest BCUT2D eigenvalue weighted by molar-refractivity contribution is -0.133. The largest absolute Gasteiger partial charge is 0.342 e. The number of piperazine rings is 1. The van der Waals surface area contributed by atoms with Crippen molar-refractivity contribution in [2.75, 3.05) is 37.0 Å². The van der Waals surface area contributed by atoms with E-state index in [9.17, 15) is 18.0 Å². The molecule has 2 aromatic carbocycles. The van der Waals surface area contributed by atoms with Crippen molar-refractivity contribution < 1.29 is 18.0 Å². The zero-order chi connectivity index (χ0) is 21.0. The van der Waals surface area contributed by atoms with Gasteiger partial charge in [-0.05, 0) is 24.3 Å². The van der Waals surface area contributed by atoms with Crippen LogP contribution in [0.5, 0.6) is 0 Å². The topological polar surface area (TPSA) is 78.0 Å². The molecule has 0 radical (unpaired) electrons. The van der Waals surface area contributed by atoms with E-state index in [1.54, 1.807) is 35.2 Å². The maximum atomic E-state index is 13.3. The minimum atomic E-state index is -4.07. The highest BCUT2D eigenvalue weighted by Gasteiger charge is 2.31. The Labute approximate surface area is 179 Å². The van der Waals surface area contributed by atoms with Gasteiger partial charge in [0.25, 0.3) is 10.0 Å². The highest BCUT2D eigenvalue weighted by Crippen LogP contribution is 2.35. The summed E-state index contributed by atoms with van der Waals surface area (Å²) in [5, 5.41) is 0.233. The summed E-state index contributed by atoms with van der Waals surface area (Å²) in [7, 11) is -4.07. The van der Waals surface area contributed by atoms with Crippen molar-refractivity contribution in [1.82, 2.24) is 9.80 Å². The third kappa shape index (κ3) is 4.66. The van der Waals surface area contributed by atoms with E-state index in [1.807, 2.05) is 0 Å². The van der Waals surface area contributed by atoms with Crippen LogP contribution in [0.25, 0.3) is 0 Å². The van der Waals surface area contributed by atoms with Gasteiger partial charge >= 0.3 is 0 Å². The Balaban J connectivity index is 1.95. The van der Waals surface area contributed by atoms with E-state index in [-0.39, 0.29) is 26.5 Å². The van der Waals surface area contributed by atoms with Gasteiger partial charge in [-0.1, -0.05) is 47.5 Å². The number of anilines is 1. The second kappa shape index (κ2) is 9.02. The van der Waals surface area contributed by atoms with E-state index < -0.39 is 16.6 Å². The Morgan fingerprint density at radius 1 is 1.00 bits per heavy atom. The minimum Gasteiger partial charge on any atom is -0.342 e. The Hall–Kier alpha value is -2.29. The number of amides is 2. The van der Waals surface area contributed by atoms with Crippen LogP contribution in [0.3, 0.4) is 0 Å². The Morgan fingerprint density at radius 2 is 1.66 bits per heavy atom. The smallest absolute Gasteiger partial charge is 0.264 e. The van der Waals surface area contributed by atoms with Crippen LogP contribution in [0.1, 0.15) is 0 Å². The van der Waals surface area contributed by atoms with Gasteiger partial charge < -0.3 is 9.80 Å². The minimum absolute atomic E-state index is 0.0367. The molecule has 3 rings (SSSR count). The molecule has 29 heavy (non-hydrogen) atoms. The van der Waals surface area contributed by atoms with Gasteiger partial charge in [0.1, 0.15) is 6.54 Å². The van der Waals surface area contributed by atoms with Crippen molar-refractivity contribution in [3.05, 3.63) is 58.6 Å². The number of hydrogen-bond donors (Lipinski definition) is 0. The van der Waals surface area contributed by atoms with Crippen molar-refractivity contribution >= 4 is 51.2 Å². The van der Waals surface area contributed by atoms with Gasteiger partial charge in [0.15, 0.2) is 0 Å². The number of carbonyl (C=O) groups is 2. The molecule has 0 spiro atoms. The van der Waals surface area contributed by atoms with Crippen LogP contribution in [0.15, 0.2) is 53.4 Å². The molecule has 2 amide bonds. The van der Waals surface area contributed by atoms with Gasteiger partial charge in [-0.2, -0.15) is 0 Å². The van der Waals surface area contributed by atoms with E-state index in [0.717, 1.165) is 10.7 Å². The summed E-state index contributed by atoms with van der Waals surface area (Å²) in [5.41, 5.74) is 0.128. The van der Waals surface area contributed by atoms with Crippen LogP contribution in [-0.4, -0.2) is 63.3 Å². The van der Waals surface area contributed by atoms with Gasteiger partial charge in [0, 0.05) is 26.2 Å². The molecule has 154 valence electrons. The molecule has 1 fully saturated rings. The summed E-state index contributed by atoms with van der Waals surface area (Å²) in [6.45, 7) is 1.04. The molecular formula is C19H19Cl2N3O4S. The fraction of sp³-hybridized carbons (Fsp3) is 0.263. The molecule has 1 aliphatic rings. The summed E-state index contributed by atoms with van der Waals surface area (Å²) >= 11 is 12.4. The fourth-order valence-electron chi connectivity index (χ4n) is 3.00. The van der Waals surface area contributed by atoms with Crippen molar-refractivity contribution in [2.45, 2.75) is 4.90 Å². The van der Waals surface area contributed by atoms with Crippen molar-refractivity contribution in [2.24, 2.45) is 0 Å². The lowest BCUT2D eigenvalue weighted by Gasteiger charge is -2.34. The van der Waals surface area contributed by atoms with Gasteiger partial charge in [0.2, 0.25) is 12.3 Å². The Kier molecular flexibility index (Phi) is 6.66. The molecule has 0 atom stereocenters. The van der Waals surface area contributed by atoms with Crippen LogP contribution in [0, 0.1) is 0 Å². The van der Waals surface area contributed by atoms with E-state index in [0.29, 0.717) is 26.2 Å². The molecule has 0 saturated carbocycles. The number of rotatable bonds is 6. The Bertz CT molecular complexity index is 994. The summed E-state index contributed by atoms with van der Waals surface area (Å²) in [4.78, 5) is 26.9. The van der Waals surface area contributed by atoms with Crippen LogP contribution in [0.4, 0.5) is 5.69 Å². The van der Waals surface area contributed by atoms with Crippen LogP contribution >= 0.6 is 23.2 Å².